The Balaban J connectivity index is 1.55. The van der Waals surface area contributed by atoms with Gasteiger partial charge >= 0.3 is 0 Å². The third kappa shape index (κ3) is 5.32. The summed E-state index contributed by atoms with van der Waals surface area (Å²) in [5, 5.41) is 5.76. The van der Waals surface area contributed by atoms with E-state index in [4.69, 9.17) is 0 Å². The highest BCUT2D eigenvalue weighted by Gasteiger charge is 2.07. The Morgan fingerprint density at radius 3 is 2.22 bits per heavy atom. The second kappa shape index (κ2) is 8.86. The summed E-state index contributed by atoms with van der Waals surface area (Å²) in [7, 11) is 3.83. The SMILES string of the molecule is CNc1ncc(CN(C)Cc2ccc(C(=O)Nc3ccncc3)cc2)cn1. The molecule has 3 aromatic rings. The van der Waals surface area contributed by atoms with E-state index in [-0.39, 0.29) is 5.91 Å². The molecule has 0 radical (unpaired) electrons. The monoisotopic (exact) mass is 362 g/mol. The first-order valence-corrected chi connectivity index (χ1v) is 8.61. The van der Waals surface area contributed by atoms with Gasteiger partial charge in [-0.1, -0.05) is 12.1 Å². The first-order chi connectivity index (χ1) is 13.1. The third-order valence-electron chi connectivity index (χ3n) is 3.99. The van der Waals surface area contributed by atoms with E-state index in [2.05, 4.69) is 30.5 Å². The van der Waals surface area contributed by atoms with Crippen molar-refractivity contribution in [2.45, 2.75) is 13.1 Å². The Bertz CT molecular complexity index is 865. The topological polar surface area (TPSA) is 83.0 Å². The molecule has 27 heavy (non-hydrogen) atoms. The number of benzene rings is 1. The van der Waals surface area contributed by atoms with E-state index < -0.39 is 0 Å². The molecule has 0 fully saturated rings. The normalized spacial score (nSPS) is 10.6. The lowest BCUT2D eigenvalue weighted by Gasteiger charge is -2.16. The van der Waals surface area contributed by atoms with Crippen LogP contribution in [0.2, 0.25) is 0 Å². The molecule has 138 valence electrons. The van der Waals surface area contributed by atoms with Crippen molar-refractivity contribution in [1.82, 2.24) is 19.9 Å². The molecule has 2 heterocycles. The predicted octanol–water partition coefficient (Wildman–Crippen LogP) is 2.80. The number of hydrogen-bond donors (Lipinski definition) is 2. The summed E-state index contributed by atoms with van der Waals surface area (Å²) in [5.74, 6) is 0.477. The van der Waals surface area contributed by atoms with Crippen LogP contribution in [-0.2, 0) is 13.1 Å². The van der Waals surface area contributed by atoms with Gasteiger partial charge in [-0.3, -0.25) is 14.7 Å². The van der Waals surface area contributed by atoms with Crippen LogP contribution in [0.15, 0.2) is 61.2 Å². The van der Waals surface area contributed by atoms with E-state index in [1.165, 1.54) is 0 Å². The number of hydrogen-bond acceptors (Lipinski definition) is 6. The summed E-state index contributed by atoms with van der Waals surface area (Å²) in [5.41, 5.74) is 3.52. The fraction of sp³-hybridized carbons (Fsp3) is 0.200. The molecule has 0 spiro atoms. The highest BCUT2D eigenvalue weighted by atomic mass is 16.1. The molecule has 0 saturated heterocycles. The van der Waals surface area contributed by atoms with Gasteiger partial charge in [0.05, 0.1) is 0 Å². The molecular weight excluding hydrogens is 340 g/mol. The van der Waals surface area contributed by atoms with E-state index >= 15 is 0 Å². The smallest absolute Gasteiger partial charge is 0.255 e. The molecule has 0 atom stereocenters. The second-order valence-corrected chi connectivity index (χ2v) is 6.22. The van der Waals surface area contributed by atoms with E-state index in [0.29, 0.717) is 11.5 Å². The van der Waals surface area contributed by atoms with Crippen LogP contribution < -0.4 is 10.6 Å². The van der Waals surface area contributed by atoms with Gasteiger partial charge in [-0.15, -0.1) is 0 Å². The minimum Gasteiger partial charge on any atom is -0.357 e. The first kappa shape index (κ1) is 18.5. The van der Waals surface area contributed by atoms with E-state index in [0.717, 1.165) is 29.9 Å². The van der Waals surface area contributed by atoms with Crippen LogP contribution in [0.25, 0.3) is 0 Å². The number of pyridine rings is 1. The molecule has 0 aliphatic carbocycles. The molecular formula is C20H22N6O. The van der Waals surface area contributed by atoms with Crippen molar-refractivity contribution in [2.75, 3.05) is 24.7 Å². The van der Waals surface area contributed by atoms with E-state index in [1.54, 1.807) is 31.6 Å². The van der Waals surface area contributed by atoms with Crippen LogP contribution in [0.4, 0.5) is 11.6 Å². The fourth-order valence-electron chi connectivity index (χ4n) is 2.64. The van der Waals surface area contributed by atoms with Crippen LogP contribution in [0.5, 0.6) is 0 Å². The summed E-state index contributed by atoms with van der Waals surface area (Å²) < 4.78 is 0. The number of carbonyl (C=O) groups is 1. The summed E-state index contributed by atoms with van der Waals surface area (Å²) in [6, 6.07) is 11.1. The number of rotatable bonds is 7. The maximum absolute atomic E-state index is 12.3. The summed E-state index contributed by atoms with van der Waals surface area (Å²) in [6.45, 7) is 1.51. The molecule has 1 aromatic carbocycles. The molecule has 3 rings (SSSR count). The van der Waals surface area contributed by atoms with Crippen LogP contribution in [-0.4, -0.2) is 39.9 Å². The minimum absolute atomic E-state index is 0.136. The molecule has 0 unspecified atom stereocenters. The lowest BCUT2D eigenvalue weighted by molar-refractivity contribution is 0.102. The molecule has 0 aliphatic heterocycles. The first-order valence-electron chi connectivity index (χ1n) is 8.61. The third-order valence-corrected chi connectivity index (χ3v) is 3.99. The highest BCUT2D eigenvalue weighted by Crippen LogP contribution is 2.12. The number of aromatic nitrogens is 3. The zero-order chi connectivity index (χ0) is 19.1. The Morgan fingerprint density at radius 2 is 1.59 bits per heavy atom. The molecule has 0 saturated carbocycles. The van der Waals surface area contributed by atoms with Gasteiger partial charge in [0.2, 0.25) is 5.95 Å². The Morgan fingerprint density at radius 1 is 0.963 bits per heavy atom. The van der Waals surface area contributed by atoms with Gasteiger partial charge in [-0.2, -0.15) is 0 Å². The van der Waals surface area contributed by atoms with Gasteiger partial charge in [-0.05, 0) is 36.9 Å². The number of nitrogens with one attached hydrogen (secondary N) is 2. The van der Waals surface area contributed by atoms with Gasteiger partial charge in [-0.25, -0.2) is 9.97 Å². The number of nitrogens with zero attached hydrogens (tertiary/aromatic N) is 4. The average molecular weight is 362 g/mol. The van der Waals surface area contributed by atoms with Crippen LogP contribution in [0, 0.1) is 0 Å². The molecule has 2 N–H and O–H groups in total. The molecule has 7 nitrogen and oxygen atoms in total. The van der Waals surface area contributed by atoms with E-state index in [1.807, 2.05) is 43.7 Å². The number of carbonyl (C=O) groups excluding carboxylic acids is 1. The summed E-state index contributed by atoms with van der Waals surface area (Å²) in [4.78, 5) is 26.8. The predicted molar refractivity (Wildman–Crippen MR) is 105 cm³/mol. The number of amides is 1. The van der Waals surface area contributed by atoms with Gasteiger partial charge in [0.25, 0.3) is 5.91 Å². The van der Waals surface area contributed by atoms with Crippen molar-refractivity contribution in [3.8, 4) is 0 Å². The molecule has 7 heteroatoms. The molecule has 0 aliphatic rings. The van der Waals surface area contributed by atoms with Gasteiger partial charge in [0.15, 0.2) is 0 Å². The average Bonchev–Trinajstić information content (AvgIpc) is 2.70. The maximum Gasteiger partial charge on any atom is 0.255 e. The quantitative estimate of drug-likeness (QED) is 0.672. The molecule has 0 bridgehead atoms. The van der Waals surface area contributed by atoms with Gasteiger partial charge in [0, 0.05) is 61.7 Å². The second-order valence-electron chi connectivity index (χ2n) is 6.22. The van der Waals surface area contributed by atoms with Gasteiger partial charge < -0.3 is 10.6 Å². The largest absolute Gasteiger partial charge is 0.357 e. The zero-order valence-electron chi connectivity index (χ0n) is 15.4. The maximum atomic E-state index is 12.3. The molecule has 2 aromatic heterocycles. The number of anilines is 2. The van der Waals surface area contributed by atoms with Gasteiger partial charge in [0.1, 0.15) is 0 Å². The van der Waals surface area contributed by atoms with Crippen molar-refractivity contribution in [3.63, 3.8) is 0 Å². The van der Waals surface area contributed by atoms with Crippen LogP contribution in [0.1, 0.15) is 21.5 Å². The Hall–Kier alpha value is -3.32. The highest BCUT2D eigenvalue weighted by molar-refractivity contribution is 6.04. The Kier molecular flexibility index (Phi) is 6.06. The minimum atomic E-state index is -0.136. The van der Waals surface area contributed by atoms with Crippen molar-refractivity contribution in [1.29, 1.82) is 0 Å². The van der Waals surface area contributed by atoms with E-state index in [9.17, 15) is 4.79 Å². The summed E-state index contributed by atoms with van der Waals surface area (Å²) >= 11 is 0. The standard InChI is InChI=1S/C20H22N6O/c1-21-20-23-11-16(12-24-20)14-26(2)13-15-3-5-17(6-4-15)19(27)25-18-7-9-22-10-8-18/h3-12H,13-14H2,1-2H3,(H,21,23,24)(H,22,25,27). The van der Waals surface area contributed by atoms with Crippen molar-refractivity contribution >= 4 is 17.5 Å². The fourth-order valence-corrected chi connectivity index (χ4v) is 2.64. The lowest BCUT2D eigenvalue weighted by atomic mass is 10.1. The molecule has 1 amide bonds. The van der Waals surface area contributed by atoms with Crippen LogP contribution in [0.3, 0.4) is 0 Å². The Labute approximate surface area is 158 Å². The lowest BCUT2D eigenvalue weighted by Crippen LogP contribution is -2.18. The zero-order valence-corrected chi connectivity index (χ0v) is 15.4. The van der Waals surface area contributed by atoms with Crippen molar-refractivity contribution in [2.24, 2.45) is 0 Å². The summed E-state index contributed by atoms with van der Waals surface area (Å²) in [6.07, 6.45) is 6.93. The van der Waals surface area contributed by atoms with Crippen molar-refractivity contribution in [3.05, 3.63) is 77.9 Å². The van der Waals surface area contributed by atoms with Crippen molar-refractivity contribution < 1.29 is 4.79 Å². The van der Waals surface area contributed by atoms with Crippen LogP contribution >= 0.6 is 0 Å².